The van der Waals surface area contributed by atoms with Gasteiger partial charge < -0.3 is 49.0 Å². The van der Waals surface area contributed by atoms with Gasteiger partial charge in [-0.15, -0.1) is 0 Å². The zero-order chi connectivity index (χ0) is 30.0. The average Bonchev–Trinajstić information content (AvgIpc) is 3.37. The Labute approximate surface area is 245 Å². The van der Waals surface area contributed by atoms with Crippen molar-refractivity contribution in [1.29, 1.82) is 0 Å². The predicted octanol–water partition coefficient (Wildman–Crippen LogP) is -0.313. The Bertz CT molecular complexity index is 1240. The number of methoxy groups -OCH3 is 4. The predicted molar refractivity (Wildman–Crippen MR) is 146 cm³/mol. The average molecular weight is 590 g/mol. The van der Waals surface area contributed by atoms with Gasteiger partial charge in [0.05, 0.1) is 30.5 Å². The number of carbonyl (C=O) groups is 1. The van der Waals surface area contributed by atoms with Gasteiger partial charge >= 0.3 is 5.97 Å². The molecule has 1 spiro atoms. The number of aliphatic hydroxyl groups excluding tert-OH is 2. The fourth-order valence-electron chi connectivity index (χ4n) is 11.8. The van der Waals surface area contributed by atoms with Crippen LogP contribution in [0.15, 0.2) is 30.3 Å². The van der Waals surface area contributed by atoms with Crippen LogP contribution in [0.3, 0.4) is 0 Å². The Morgan fingerprint density at radius 3 is 2.33 bits per heavy atom. The molecule has 5 aliphatic carbocycles. The smallest absolute Gasteiger partial charge is 0.338 e. The number of likely N-dealkylation sites (tertiary alicyclic amines) is 1. The SMILES string of the molecule is COC[C@]12CN(C)C3[C@@H]4[C@H](OC)[C@H]1[C@@]3([C@@H](OC)CC2O)[C@@H]1C[C@]2(O)[C@H](OC(=O)c3ccccc3)[C@@H]1[C@]4(O)[C@@H](O)[C@@H]2OC. The standard InChI is InChI=1S/C31H43NO10/c1-32-13-28(14-38-2)17(33)11-18(39-3)30-16-12-29(36)25(42-27(35)15-9-7-6-8-10-15)19(16)31(37,24(34)26(29)41-5)20(23(30)32)21(40-4)22(28)30/h6-10,16-26,33-34,36-37H,11-14H2,1-5H3/t16-,17?,18+,19-,20+,21+,22-,23?,24+,25-,26+,28+,29+,30+,31-/m1/s1. The van der Waals surface area contributed by atoms with Crippen LogP contribution in [0.4, 0.5) is 0 Å². The molecule has 15 atom stereocenters. The molecule has 2 unspecified atom stereocenters. The van der Waals surface area contributed by atoms with Gasteiger partial charge in [0.15, 0.2) is 0 Å². The largest absolute Gasteiger partial charge is 0.455 e. The van der Waals surface area contributed by atoms with Crippen molar-refractivity contribution in [1.82, 2.24) is 4.90 Å². The van der Waals surface area contributed by atoms with Crippen molar-refractivity contribution < 1.29 is 48.9 Å². The highest BCUT2D eigenvalue weighted by molar-refractivity contribution is 5.89. The van der Waals surface area contributed by atoms with Gasteiger partial charge in [0.1, 0.15) is 29.5 Å². The van der Waals surface area contributed by atoms with E-state index in [-0.39, 0.29) is 25.0 Å². The first-order chi connectivity index (χ1) is 20.0. The number of rotatable bonds is 7. The summed E-state index contributed by atoms with van der Waals surface area (Å²) in [5.41, 5.74) is -4.81. The van der Waals surface area contributed by atoms with E-state index in [1.807, 2.05) is 7.05 Å². The molecule has 7 rings (SSSR count). The van der Waals surface area contributed by atoms with Crippen molar-refractivity contribution in [3.05, 3.63) is 35.9 Å². The summed E-state index contributed by atoms with van der Waals surface area (Å²) in [5.74, 6) is -2.96. The van der Waals surface area contributed by atoms with Crippen LogP contribution in [0, 0.1) is 34.5 Å². The summed E-state index contributed by atoms with van der Waals surface area (Å²) in [6.45, 7) is 0.760. The van der Waals surface area contributed by atoms with Gasteiger partial charge in [-0.05, 0) is 31.5 Å². The first-order valence-corrected chi connectivity index (χ1v) is 14.9. The Morgan fingerprint density at radius 1 is 1.00 bits per heavy atom. The van der Waals surface area contributed by atoms with Gasteiger partial charge in [-0.2, -0.15) is 0 Å². The number of aliphatic hydroxyl groups is 4. The second kappa shape index (κ2) is 9.42. The molecule has 232 valence electrons. The molecule has 6 aliphatic rings. The molecular formula is C31H43NO10. The number of benzene rings is 1. The van der Waals surface area contributed by atoms with Crippen molar-refractivity contribution in [3.63, 3.8) is 0 Å². The van der Waals surface area contributed by atoms with E-state index in [4.69, 9.17) is 23.7 Å². The molecule has 0 aromatic heterocycles. The molecule has 7 bridgehead atoms. The summed E-state index contributed by atoms with van der Waals surface area (Å²) in [7, 11) is 8.22. The van der Waals surface area contributed by atoms with Gasteiger partial charge in [0.25, 0.3) is 0 Å². The normalized spacial score (nSPS) is 53.7. The van der Waals surface area contributed by atoms with Crippen LogP contribution in [-0.4, -0.2) is 134 Å². The lowest BCUT2D eigenvalue weighted by atomic mass is 9.42. The second-order valence-corrected chi connectivity index (χ2v) is 13.7. The minimum Gasteiger partial charge on any atom is -0.455 e. The highest BCUT2D eigenvalue weighted by atomic mass is 16.6. The van der Waals surface area contributed by atoms with E-state index in [0.717, 1.165) is 0 Å². The first-order valence-electron chi connectivity index (χ1n) is 14.9. The highest BCUT2D eigenvalue weighted by Crippen LogP contribution is 2.80. The topological polar surface area (TPSA) is 147 Å². The third kappa shape index (κ3) is 3.05. The van der Waals surface area contributed by atoms with Crippen LogP contribution in [-0.2, 0) is 23.7 Å². The monoisotopic (exact) mass is 589 g/mol. The Hall–Kier alpha value is -1.67. The number of esters is 1. The zero-order valence-electron chi connectivity index (χ0n) is 24.8. The summed E-state index contributed by atoms with van der Waals surface area (Å²) in [6, 6.07) is 8.22. The number of nitrogens with zero attached hydrogens (tertiary/aromatic N) is 1. The maximum absolute atomic E-state index is 13.5. The van der Waals surface area contributed by atoms with Crippen LogP contribution in [0.25, 0.3) is 0 Å². The molecule has 42 heavy (non-hydrogen) atoms. The maximum Gasteiger partial charge on any atom is 0.338 e. The summed E-state index contributed by atoms with van der Waals surface area (Å²) in [6.07, 6.45) is -5.28. The molecule has 1 saturated heterocycles. The third-order valence-corrected chi connectivity index (χ3v) is 12.6. The van der Waals surface area contributed by atoms with E-state index in [1.165, 1.54) is 7.11 Å². The molecular weight excluding hydrogens is 546 g/mol. The van der Waals surface area contributed by atoms with Crippen molar-refractivity contribution >= 4 is 5.97 Å². The second-order valence-electron chi connectivity index (χ2n) is 13.7. The van der Waals surface area contributed by atoms with E-state index < -0.39 is 82.4 Å². The number of carbonyl (C=O) groups excluding carboxylic acids is 1. The lowest BCUT2D eigenvalue weighted by molar-refractivity contribution is -0.318. The zero-order valence-corrected chi connectivity index (χ0v) is 24.8. The summed E-state index contributed by atoms with van der Waals surface area (Å²) in [5, 5.41) is 49.4. The van der Waals surface area contributed by atoms with E-state index in [9.17, 15) is 25.2 Å². The van der Waals surface area contributed by atoms with Gasteiger partial charge in [-0.3, -0.25) is 0 Å². The fourth-order valence-corrected chi connectivity index (χ4v) is 11.8. The molecule has 4 N–H and O–H groups in total. The molecule has 5 saturated carbocycles. The highest BCUT2D eigenvalue weighted by Gasteiger charge is 2.91. The van der Waals surface area contributed by atoms with Crippen molar-refractivity contribution in [2.75, 3.05) is 48.6 Å². The Balaban J connectivity index is 1.47. The first kappa shape index (κ1) is 29.1. The van der Waals surface area contributed by atoms with Crippen LogP contribution in [0.2, 0.25) is 0 Å². The summed E-state index contributed by atoms with van der Waals surface area (Å²) >= 11 is 0. The van der Waals surface area contributed by atoms with Crippen LogP contribution >= 0.6 is 0 Å². The molecule has 0 amide bonds. The number of piperidine rings is 1. The minimum absolute atomic E-state index is 0.102. The molecule has 1 aromatic carbocycles. The van der Waals surface area contributed by atoms with Crippen LogP contribution in [0.5, 0.6) is 0 Å². The van der Waals surface area contributed by atoms with Crippen molar-refractivity contribution in [2.24, 2.45) is 34.5 Å². The quantitative estimate of drug-likeness (QED) is 0.311. The molecule has 6 fully saturated rings. The minimum atomic E-state index is -1.86. The van der Waals surface area contributed by atoms with Gasteiger partial charge in [0, 0.05) is 76.0 Å². The van der Waals surface area contributed by atoms with E-state index in [1.54, 1.807) is 51.7 Å². The van der Waals surface area contributed by atoms with Crippen LogP contribution < -0.4 is 0 Å². The van der Waals surface area contributed by atoms with E-state index in [0.29, 0.717) is 18.5 Å². The van der Waals surface area contributed by atoms with Gasteiger partial charge in [-0.25, -0.2) is 4.79 Å². The fraction of sp³-hybridized carbons (Fsp3) is 0.774. The van der Waals surface area contributed by atoms with Crippen molar-refractivity contribution in [2.45, 2.75) is 66.7 Å². The number of hydrogen-bond acceptors (Lipinski definition) is 11. The number of ether oxygens (including phenoxy) is 5. The number of hydrogen-bond donors (Lipinski definition) is 4. The van der Waals surface area contributed by atoms with Crippen molar-refractivity contribution in [3.8, 4) is 0 Å². The maximum atomic E-state index is 13.5. The van der Waals surface area contributed by atoms with E-state index >= 15 is 0 Å². The Kier molecular flexibility index (Phi) is 6.52. The van der Waals surface area contributed by atoms with E-state index in [2.05, 4.69) is 4.90 Å². The lowest BCUT2D eigenvalue weighted by Crippen LogP contribution is -2.80. The molecule has 1 aliphatic heterocycles. The molecule has 1 heterocycles. The van der Waals surface area contributed by atoms with Gasteiger partial charge in [0.2, 0.25) is 0 Å². The van der Waals surface area contributed by atoms with Gasteiger partial charge in [-0.1, -0.05) is 18.2 Å². The molecule has 1 aromatic rings. The molecule has 0 radical (unpaired) electrons. The molecule has 11 nitrogen and oxygen atoms in total. The summed E-state index contributed by atoms with van der Waals surface area (Å²) in [4.78, 5) is 15.7. The number of fused-ring (bicyclic) bond motifs is 2. The lowest BCUT2D eigenvalue weighted by Gasteiger charge is -2.69. The Morgan fingerprint density at radius 2 is 1.71 bits per heavy atom. The summed E-state index contributed by atoms with van der Waals surface area (Å²) < 4.78 is 30.3. The van der Waals surface area contributed by atoms with Crippen LogP contribution in [0.1, 0.15) is 23.2 Å². The molecule has 11 heteroatoms. The third-order valence-electron chi connectivity index (χ3n) is 12.6.